The highest BCUT2D eigenvalue weighted by molar-refractivity contribution is 7.87. The molecule has 2 rings (SSSR count). The molecular weight excluding hydrogens is 298 g/mol. The summed E-state index contributed by atoms with van der Waals surface area (Å²) in [6, 6.07) is -0.340. The quantitative estimate of drug-likeness (QED) is 0.850. The maximum atomic E-state index is 12.3. The molecule has 2 atom stereocenters. The van der Waals surface area contributed by atoms with Gasteiger partial charge in [0.2, 0.25) is 0 Å². The van der Waals surface area contributed by atoms with Crippen molar-refractivity contribution in [2.45, 2.75) is 32.7 Å². The van der Waals surface area contributed by atoms with E-state index >= 15 is 0 Å². The zero-order valence-corrected chi connectivity index (χ0v) is 13.4. The number of aliphatic hydroxyl groups excluding tert-OH is 1. The lowest BCUT2D eigenvalue weighted by atomic mass is 10.0. The number of nitrogens with one attached hydrogen (secondary N) is 1. The second kappa shape index (κ2) is 6.48. The standard InChI is InChI=1S/C12H21N3O3S2/c1-9-8-19-12(13-9)10(2)14-20(17,18)15-5-3-4-11(6-15)7-16/h8,10-11,14,16H,3-7H2,1-2H3. The average molecular weight is 319 g/mol. The molecule has 6 nitrogen and oxygen atoms in total. The van der Waals surface area contributed by atoms with E-state index in [4.69, 9.17) is 0 Å². The van der Waals surface area contributed by atoms with E-state index in [0.717, 1.165) is 23.5 Å². The zero-order valence-electron chi connectivity index (χ0n) is 11.7. The van der Waals surface area contributed by atoms with Crippen LogP contribution >= 0.6 is 11.3 Å². The van der Waals surface area contributed by atoms with E-state index in [2.05, 4.69) is 9.71 Å². The smallest absolute Gasteiger partial charge is 0.280 e. The predicted octanol–water partition coefficient (Wildman–Crippen LogP) is 1.05. The molecule has 2 heterocycles. The average Bonchev–Trinajstić information content (AvgIpc) is 2.85. The molecule has 2 unspecified atom stereocenters. The number of aliphatic hydroxyl groups is 1. The Hall–Kier alpha value is -0.540. The normalized spacial score (nSPS) is 22.9. The molecule has 0 amide bonds. The molecule has 1 aliphatic heterocycles. The predicted molar refractivity (Wildman–Crippen MR) is 78.7 cm³/mol. The summed E-state index contributed by atoms with van der Waals surface area (Å²) in [5.74, 6) is 0.0396. The maximum absolute atomic E-state index is 12.3. The molecule has 1 aliphatic rings. The van der Waals surface area contributed by atoms with E-state index < -0.39 is 10.2 Å². The Labute approximate surface area is 124 Å². The summed E-state index contributed by atoms with van der Waals surface area (Å²) in [6.45, 7) is 4.61. The van der Waals surface area contributed by atoms with Gasteiger partial charge in [0, 0.05) is 30.8 Å². The van der Waals surface area contributed by atoms with E-state index in [9.17, 15) is 13.5 Å². The minimum Gasteiger partial charge on any atom is -0.396 e. The third kappa shape index (κ3) is 3.76. The first-order chi connectivity index (χ1) is 9.42. The van der Waals surface area contributed by atoms with Crippen molar-refractivity contribution < 1.29 is 13.5 Å². The fourth-order valence-corrected chi connectivity index (χ4v) is 4.68. The van der Waals surface area contributed by atoms with Gasteiger partial charge in [-0.05, 0) is 32.6 Å². The van der Waals surface area contributed by atoms with Gasteiger partial charge >= 0.3 is 0 Å². The van der Waals surface area contributed by atoms with Crippen molar-refractivity contribution in [3.8, 4) is 0 Å². The lowest BCUT2D eigenvalue weighted by Crippen LogP contribution is -2.47. The molecule has 1 aromatic rings. The number of hydrogen-bond acceptors (Lipinski definition) is 5. The monoisotopic (exact) mass is 319 g/mol. The van der Waals surface area contributed by atoms with E-state index in [1.165, 1.54) is 15.6 Å². The molecule has 1 saturated heterocycles. The third-order valence-electron chi connectivity index (χ3n) is 3.41. The Morgan fingerprint density at radius 2 is 2.40 bits per heavy atom. The van der Waals surface area contributed by atoms with E-state index in [-0.39, 0.29) is 18.6 Å². The fourth-order valence-electron chi connectivity index (χ4n) is 2.31. The molecule has 1 fully saturated rings. The van der Waals surface area contributed by atoms with Crippen LogP contribution in [0.25, 0.3) is 0 Å². The minimum atomic E-state index is -3.53. The largest absolute Gasteiger partial charge is 0.396 e. The molecule has 0 spiro atoms. The number of aryl methyl sites for hydroxylation is 1. The van der Waals surface area contributed by atoms with Gasteiger partial charge in [-0.2, -0.15) is 17.4 Å². The van der Waals surface area contributed by atoms with Crippen LogP contribution in [0.15, 0.2) is 5.38 Å². The van der Waals surface area contributed by atoms with Crippen LogP contribution in [-0.2, 0) is 10.2 Å². The lowest BCUT2D eigenvalue weighted by molar-refractivity contribution is 0.164. The number of aromatic nitrogens is 1. The zero-order chi connectivity index (χ0) is 14.8. The molecule has 1 aromatic heterocycles. The minimum absolute atomic E-state index is 0.0350. The van der Waals surface area contributed by atoms with Gasteiger partial charge in [-0.25, -0.2) is 4.98 Å². The topological polar surface area (TPSA) is 82.5 Å². The van der Waals surface area contributed by atoms with Crippen molar-refractivity contribution in [3.05, 3.63) is 16.1 Å². The first-order valence-electron chi connectivity index (χ1n) is 6.72. The molecule has 0 saturated carbocycles. The van der Waals surface area contributed by atoms with Crippen LogP contribution in [-0.4, -0.2) is 42.5 Å². The summed E-state index contributed by atoms with van der Waals surface area (Å²) in [4.78, 5) is 4.30. The summed E-state index contributed by atoms with van der Waals surface area (Å²) in [5.41, 5.74) is 0.898. The third-order valence-corrected chi connectivity index (χ3v) is 6.22. The summed E-state index contributed by atoms with van der Waals surface area (Å²) in [7, 11) is -3.53. The van der Waals surface area contributed by atoms with Crippen LogP contribution in [0.3, 0.4) is 0 Å². The van der Waals surface area contributed by atoms with Crippen LogP contribution < -0.4 is 4.72 Å². The number of thiazole rings is 1. The van der Waals surface area contributed by atoms with Crippen molar-refractivity contribution in [1.82, 2.24) is 14.0 Å². The molecule has 114 valence electrons. The summed E-state index contributed by atoms with van der Waals surface area (Å²) in [6.07, 6.45) is 1.67. The first kappa shape index (κ1) is 15.8. The van der Waals surface area contributed by atoms with E-state index in [1.807, 2.05) is 12.3 Å². The Balaban J connectivity index is 2.03. The van der Waals surface area contributed by atoms with Crippen LogP contribution in [0.1, 0.15) is 36.5 Å². The number of nitrogens with zero attached hydrogens (tertiary/aromatic N) is 2. The Bertz CT molecular complexity index is 544. The van der Waals surface area contributed by atoms with Gasteiger partial charge in [-0.15, -0.1) is 11.3 Å². The number of rotatable bonds is 5. The molecule has 0 bridgehead atoms. The van der Waals surface area contributed by atoms with Gasteiger partial charge in [0.25, 0.3) is 10.2 Å². The van der Waals surface area contributed by atoms with E-state index in [1.54, 1.807) is 6.92 Å². The summed E-state index contributed by atoms with van der Waals surface area (Å²) < 4.78 is 28.8. The molecule has 0 aromatic carbocycles. The summed E-state index contributed by atoms with van der Waals surface area (Å²) in [5, 5.41) is 11.9. The van der Waals surface area contributed by atoms with Gasteiger partial charge in [-0.3, -0.25) is 0 Å². The number of hydrogen-bond donors (Lipinski definition) is 2. The van der Waals surface area contributed by atoms with E-state index in [0.29, 0.717) is 13.1 Å². The first-order valence-corrected chi connectivity index (χ1v) is 9.04. The van der Waals surface area contributed by atoms with Crippen molar-refractivity contribution in [3.63, 3.8) is 0 Å². The second-order valence-corrected chi connectivity index (χ2v) is 7.81. The van der Waals surface area contributed by atoms with Crippen molar-refractivity contribution in [2.75, 3.05) is 19.7 Å². The van der Waals surface area contributed by atoms with Gasteiger partial charge < -0.3 is 5.11 Å². The van der Waals surface area contributed by atoms with Crippen LogP contribution in [0.4, 0.5) is 0 Å². The van der Waals surface area contributed by atoms with Gasteiger partial charge in [0.05, 0.1) is 6.04 Å². The number of piperidine rings is 1. The molecule has 20 heavy (non-hydrogen) atoms. The fraction of sp³-hybridized carbons (Fsp3) is 0.750. The van der Waals surface area contributed by atoms with Crippen LogP contribution in [0, 0.1) is 12.8 Å². The second-order valence-electron chi connectivity index (χ2n) is 5.22. The van der Waals surface area contributed by atoms with Crippen molar-refractivity contribution in [2.24, 2.45) is 5.92 Å². The molecule has 2 N–H and O–H groups in total. The molecular formula is C12H21N3O3S2. The maximum Gasteiger partial charge on any atom is 0.280 e. The van der Waals surface area contributed by atoms with Gasteiger partial charge in [-0.1, -0.05) is 0 Å². The molecule has 0 aliphatic carbocycles. The highest BCUT2D eigenvalue weighted by Gasteiger charge is 2.30. The summed E-state index contributed by atoms with van der Waals surface area (Å²) >= 11 is 1.45. The Morgan fingerprint density at radius 1 is 1.65 bits per heavy atom. The SMILES string of the molecule is Cc1csc(C(C)NS(=O)(=O)N2CCCC(CO)C2)n1. The molecule has 8 heteroatoms. The van der Waals surface area contributed by atoms with Crippen molar-refractivity contribution >= 4 is 21.5 Å². The van der Waals surface area contributed by atoms with Gasteiger partial charge in [0.15, 0.2) is 0 Å². The highest BCUT2D eigenvalue weighted by atomic mass is 32.2. The van der Waals surface area contributed by atoms with Gasteiger partial charge in [0.1, 0.15) is 5.01 Å². The lowest BCUT2D eigenvalue weighted by Gasteiger charge is -2.31. The molecule has 0 radical (unpaired) electrons. The van der Waals surface area contributed by atoms with Crippen LogP contribution in [0.5, 0.6) is 0 Å². The highest BCUT2D eigenvalue weighted by Crippen LogP contribution is 2.22. The Morgan fingerprint density at radius 3 is 3.00 bits per heavy atom. The van der Waals surface area contributed by atoms with Crippen LogP contribution in [0.2, 0.25) is 0 Å². The Kier molecular flexibility index (Phi) is 5.14. The van der Waals surface area contributed by atoms with Crippen molar-refractivity contribution in [1.29, 1.82) is 0 Å².